The number of carbonyl (C=O) groups is 1. The molecular formula is C32H47NO5. The topological polar surface area (TPSA) is 77.0 Å². The van der Waals surface area contributed by atoms with Crippen molar-refractivity contribution in [1.29, 1.82) is 0 Å². The van der Waals surface area contributed by atoms with Crippen LogP contribution in [0, 0.1) is 17.8 Å². The van der Waals surface area contributed by atoms with Crippen molar-refractivity contribution < 1.29 is 24.1 Å². The van der Waals surface area contributed by atoms with Crippen LogP contribution in [0.2, 0.25) is 0 Å². The van der Waals surface area contributed by atoms with Crippen LogP contribution in [0.25, 0.3) is 0 Å². The zero-order valence-electron chi connectivity index (χ0n) is 23.4. The summed E-state index contributed by atoms with van der Waals surface area (Å²) in [4.78, 5) is 13.0. The van der Waals surface area contributed by atoms with E-state index >= 15 is 0 Å². The van der Waals surface area contributed by atoms with Gasteiger partial charge in [0.1, 0.15) is 0 Å². The van der Waals surface area contributed by atoms with Crippen molar-refractivity contribution in [3.63, 3.8) is 0 Å². The van der Waals surface area contributed by atoms with Crippen molar-refractivity contribution in [2.24, 2.45) is 17.8 Å². The lowest BCUT2D eigenvalue weighted by atomic mass is 9.90. The van der Waals surface area contributed by atoms with Gasteiger partial charge in [0.2, 0.25) is 5.91 Å². The largest absolute Gasteiger partial charge is 0.392 e. The van der Waals surface area contributed by atoms with Gasteiger partial charge in [-0.05, 0) is 82.1 Å². The minimum atomic E-state index is -0.394. The predicted molar refractivity (Wildman–Crippen MR) is 151 cm³/mol. The van der Waals surface area contributed by atoms with Crippen LogP contribution in [0.15, 0.2) is 60.3 Å². The molecule has 2 N–H and O–H groups in total. The molecular weight excluding hydrogens is 478 g/mol. The Hall–Kier alpha value is -1.99. The molecule has 0 saturated heterocycles. The molecule has 210 valence electrons. The van der Waals surface area contributed by atoms with Gasteiger partial charge in [-0.25, -0.2) is 0 Å². The second-order valence-electron chi connectivity index (χ2n) is 11.9. The summed E-state index contributed by atoms with van der Waals surface area (Å²) in [6.07, 6.45) is 20.2. The number of methoxy groups -OCH3 is 1. The first kappa shape index (κ1) is 29.0. The van der Waals surface area contributed by atoms with Crippen molar-refractivity contribution in [3.8, 4) is 0 Å². The molecule has 0 aromatic carbocycles. The number of hydrogen-bond donors (Lipinski definition) is 2. The molecule has 0 radical (unpaired) electrons. The Bertz CT molecular complexity index is 936. The first-order valence-corrected chi connectivity index (χ1v) is 14.4. The maximum Gasteiger partial charge on any atom is 0.243 e. The molecule has 1 fully saturated rings. The summed E-state index contributed by atoms with van der Waals surface area (Å²) in [6, 6.07) is -0.201. The van der Waals surface area contributed by atoms with Crippen molar-refractivity contribution in [3.05, 3.63) is 60.3 Å². The fraction of sp³-hybridized carbons (Fsp3) is 0.656. The molecule has 1 amide bonds. The van der Waals surface area contributed by atoms with Crippen LogP contribution in [-0.4, -0.2) is 61.3 Å². The van der Waals surface area contributed by atoms with E-state index in [9.17, 15) is 9.90 Å². The van der Waals surface area contributed by atoms with E-state index in [0.29, 0.717) is 31.3 Å². The normalized spacial score (nSPS) is 38.1. The van der Waals surface area contributed by atoms with Gasteiger partial charge in [-0.2, -0.15) is 0 Å². The number of aliphatic hydroxyl groups is 1. The molecule has 0 aromatic rings. The van der Waals surface area contributed by atoms with E-state index in [1.807, 2.05) is 12.2 Å². The Morgan fingerprint density at radius 2 is 2.03 bits per heavy atom. The van der Waals surface area contributed by atoms with Gasteiger partial charge in [0.15, 0.2) is 0 Å². The molecule has 2 bridgehead atoms. The fourth-order valence-electron chi connectivity index (χ4n) is 6.23. The first-order valence-electron chi connectivity index (χ1n) is 14.4. The van der Waals surface area contributed by atoms with E-state index in [0.717, 1.165) is 44.1 Å². The van der Waals surface area contributed by atoms with Crippen LogP contribution in [0.3, 0.4) is 0 Å². The number of ether oxygens (including phenoxy) is 3. The zero-order valence-corrected chi connectivity index (χ0v) is 23.4. The summed E-state index contributed by atoms with van der Waals surface area (Å²) in [5.74, 6) is 0.909. The van der Waals surface area contributed by atoms with Gasteiger partial charge in [-0.15, -0.1) is 0 Å². The molecule has 9 atom stereocenters. The van der Waals surface area contributed by atoms with E-state index in [-0.39, 0.29) is 42.3 Å². The molecule has 4 rings (SSSR count). The first-order chi connectivity index (χ1) is 18.3. The molecule has 1 unspecified atom stereocenters. The van der Waals surface area contributed by atoms with Gasteiger partial charge < -0.3 is 24.6 Å². The van der Waals surface area contributed by atoms with Crippen molar-refractivity contribution in [1.82, 2.24) is 5.32 Å². The van der Waals surface area contributed by atoms with Crippen LogP contribution < -0.4 is 5.32 Å². The number of amides is 1. The van der Waals surface area contributed by atoms with E-state index in [1.165, 1.54) is 5.57 Å². The van der Waals surface area contributed by atoms with Gasteiger partial charge in [0, 0.05) is 7.11 Å². The standard InChI is InChI=1S/C32H47NO5/c1-21-13-14-37-26(16-21)11-12-31(36-4)29-20-24-19-28(24)30(34)18-23(3)15-22(2)17-27-9-5-7-25(38-27)8-6-10-32(35)33-29/h5-7,10-13,22,24-31,34H,3,8-9,14-20H2,1-2,4H3,(H,33,35)/t22-,24-,25-,26+,27-,28?,29-,30-,31-/m0/s1. The Morgan fingerprint density at radius 1 is 1.18 bits per heavy atom. The minimum Gasteiger partial charge on any atom is -0.392 e. The lowest BCUT2D eigenvalue weighted by molar-refractivity contribution is -0.118. The summed E-state index contributed by atoms with van der Waals surface area (Å²) >= 11 is 0. The second-order valence-corrected chi connectivity index (χ2v) is 11.9. The predicted octanol–water partition coefficient (Wildman–Crippen LogP) is 5.20. The lowest BCUT2D eigenvalue weighted by Crippen LogP contribution is -2.43. The number of carbonyl (C=O) groups excluding carboxylic acids is 1. The summed E-state index contributed by atoms with van der Waals surface area (Å²) in [7, 11) is 1.68. The summed E-state index contributed by atoms with van der Waals surface area (Å²) in [6.45, 7) is 9.28. The van der Waals surface area contributed by atoms with Crippen LogP contribution >= 0.6 is 0 Å². The molecule has 3 heterocycles. The van der Waals surface area contributed by atoms with Crippen LogP contribution in [0.1, 0.15) is 65.2 Å². The molecule has 0 spiro atoms. The maximum absolute atomic E-state index is 13.0. The average molecular weight is 526 g/mol. The quantitative estimate of drug-likeness (QED) is 0.494. The average Bonchev–Trinajstić information content (AvgIpc) is 3.63. The van der Waals surface area contributed by atoms with Crippen molar-refractivity contribution >= 4 is 5.91 Å². The van der Waals surface area contributed by atoms with E-state index < -0.39 is 6.10 Å². The third kappa shape index (κ3) is 8.77. The Morgan fingerprint density at radius 3 is 2.82 bits per heavy atom. The smallest absolute Gasteiger partial charge is 0.243 e. The molecule has 0 aromatic heterocycles. The van der Waals surface area contributed by atoms with Gasteiger partial charge in [-0.3, -0.25) is 4.79 Å². The fourth-order valence-corrected chi connectivity index (χ4v) is 6.23. The number of aliphatic hydroxyl groups excluding tert-OH is 1. The zero-order chi connectivity index (χ0) is 27.1. The van der Waals surface area contributed by atoms with E-state index in [2.05, 4.69) is 50.0 Å². The molecule has 3 aliphatic heterocycles. The molecule has 6 heteroatoms. The summed E-state index contributed by atoms with van der Waals surface area (Å²) in [5.41, 5.74) is 2.44. The summed E-state index contributed by atoms with van der Waals surface area (Å²) in [5, 5.41) is 14.2. The molecule has 1 saturated carbocycles. The van der Waals surface area contributed by atoms with Gasteiger partial charge >= 0.3 is 0 Å². The number of nitrogens with one attached hydrogen (secondary N) is 1. The number of rotatable bonds is 4. The third-order valence-corrected chi connectivity index (χ3v) is 8.36. The third-order valence-electron chi connectivity index (χ3n) is 8.36. The van der Waals surface area contributed by atoms with E-state index in [1.54, 1.807) is 13.2 Å². The van der Waals surface area contributed by atoms with Gasteiger partial charge in [-0.1, -0.05) is 61.1 Å². The Balaban J connectivity index is 1.47. The highest BCUT2D eigenvalue weighted by molar-refractivity contribution is 5.87. The molecule has 6 nitrogen and oxygen atoms in total. The van der Waals surface area contributed by atoms with E-state index in [4.69, 9.17) is 14.2 Å². The van der Waals surface area contributed by atoms with Gasteiger partial charge in [0.25, 0.3) is 0 Å². The van der Waals surface area contributed by atoms with Gasteiger partial charge in [0.05, 0.1) is 43.2 Å². The number of hydrogen-bond acceptors (Lipinski definition) is 5. The maximum atomic E-state index is 13.0. The van der Waals surface area contributed by atoms with Crippen LogP contribution in [0.5, 0.6) is 0 Å². The highest BCUT2D eigenvalue weighted by atomic mass is 16.5. The summed E-state index contributed by atoms with van der Waals surface area (Å²) < 4.78 is 18.0. The minimum absolute atomic E-state index is 0.0143. The number of fused-ring (bicyclic) bond motifs is 3. The monoisotopic (exact) mass is 525 g/mol. The van der Waals surface area contributed by atoms with Crippen molar-refractivity contribution in [2.75, 3.05) is 13.7 Å². The van der Waals surface area contributed by atoms with Crippen LogP contribution in [0.4, 0.5) is 0 Å². The highest BCUT2D eigenvalue weighted by Gasteiger charge is 2.44. The van der Waals surface area contributed by atoms with Crippen molar-refractivity contribution in [2.45, 2.75) is 102 Å². The highest BCUT2D eigenvalue weighted by Crippen LogP contribution is 2.46. The Labute approximate surface area is 228 Å². The SMILES string of the molecule is C=C1C[C@H](C)C[C@@H]2CC=C[C@@H](CC=CC(=O)N[C@H]([C@H](C=C[C@@H]3CC(C)=CCO3)OC)C[C@@H]3CC3[C@@H](O)C1)O2. The molecule has 38 heavy (non-hydrogen) atoms. The lowest BCUT2D eigenvalue weighted by Gasteiger charge is -2.28. The van der Waals surface area contributed by atoms with Crippen LogP contribution in [-0.2, 0) is 19.0 Å². The Kier molecular flexibility index (Phi) is 10.6. The second kappa shape index (κ2) is 13.9. The molecule has 1 aliphatic carbocycles. The molecule has 4 aliphatic rings.